The van der Waals surface area contributed by atoms with Gasteiger partial charge in [-0.25, -0.2) is 13.4 Å². The molecule has 2 aromatic heterocycles. The molecule has 0 spiro atoms. The molecule has 0 aliphatic carbocycles. The smallest absolute Gasteiger partial charge is 0.244 e. The van der Waals surface area contributed by atoms with Crippen LogP contribution in [0.5, 0.6) is 0 Å². The minimum absolute atomic E-state index is 0.0697. The molecule has 180 valence electrons. The van der Waals surface area contributed by atoms with Gasteiger partial charge >= 0.3 is 0 Å². The van der Waals surface area contributed by atoms with Gasteiger partial charge in [-0.3, -0.25) is 9.59 Å². The van der Waals surface area contributed by atoms with Crippen molar-refractivity contribution >= 4 is 32.5 Å². The molecule has 0 saturated carbocycles. The number of hydrogen-bond acceptors (Lipinski definition) is 5. The summed E-state index contributed by atoms with van der Waals surface area (Å²) in [6, 6.07) is 14.0. The maximum atomic E-state index is 13.6. The molecule has 2 heterocycles. The van der Waals surface area contributed by atoms with Crippen LogP contribution in [0.25, 0.3) is 11.0 Å². The van der Waals surface area contributed by atoms with E-state index < -0.39 is 15.3 Å². The number of carbonyl (C=O) groups is 1. The maximum Gasteiger partial charge on any atom is 0.244 e. The van der Waals surface area contributed by atoms with Crippen molar-refractivity contribution in [2.75, 3.05) is 5.32 Å². The van der Waals surface area contributed by atoms with Gasteiger partial charge in [0, 0.05) is 17.6 Å². The second-order valence-electron chi connectivity index (χ2n) is 8.97. The second kappa shape index (κ2) is 9.11. The molecule has 1 amide bonds. The molecular formula is C27H27N3O4S. The first kappa shape index (κ1) is 24.3. The minimum Gasteiger partial charge on any atom is -0.325 e. The Labute approximate surface area is 204 Å². The zero-order valence-electron chi connectivity index (χ0n) is 20.3. The summed E-state index contributed by atoms with van der Waals surface area (Å²) in [6.07, 6.45) is 1.23. The number of aryl methyl sites for hydroxylation is 5. The van der Waals surface area contributed by atoms with E-state index in [0.29, 0.717) is 16.9 Å². The molecule has 0 fully saturated rings. The number of nitrogens with one attached hydrogen (secondary N) is 1. The fraction of sp³-hybridized carbons (Fsp3) is 0.222. The Hall–Kier alpha value is -3.78. The third-order valence-electron chi connectivity index (χ3n) is 5.77. The van der Waals surface area contributed by atoms with Crippen LogP contribution in [-0.4, -0.2) is 23.9 Å². The second-order valence-corrected chi connectivity index (χ2v) is 10.9. The Morgan fingerprint density at radius 1 is 0.886 bits per heavy atom. The number of pyridine rings is 2. The molecule has 0 aliphatic rings. The minimum atomic E-state index is -4.15. The molecule has 0 unspecified atom stereocenters. The summed E-state index contributed by atoms with van der Waals surface area (Å²) in [7, 11) is -4.15. The SMILES string of the molecule is Cc1cc(C)cc(NC(=O)Cn2cc(S(=O)(=O)c3cc(C)ccc3C)c(=O)c3ccc(C)nc32)c1. The van der Waals surface area contributed by atoms with Gasteiger partial charge in [0.15, 0.2) is 0 Å². The highest BCUT2D eigenvalue weighted by Gasteiger charge is 2.26. The quantitative estimate of drug-likeness (QED) is 0.448. The van der Waals surface area contributed by atoms with Crippen molar-refractivity contribution in [2.45, 2.75) is 51.0 Å². The highest BCUT2D eigenvalue weighted by Crippen LogP contribution is 2.25. The first-order valence-electron chi connectivity index (χ1n) is 11.2. The summed E-state index contributed by atoms with van der Waals surface area (Å²) in [4.78, 5) is 30.4. The zero-order valence-corrected chi connectivity index (χ0v) is 21.2. The van der Waals surface area contributed by atoms with Crippen LogP contribution >= 0.6 is 0 Å². The first-order chi connectivity index (χ1) is 16.5. The predicted molar refractivity (Wildman–Crippen MR) is 137 cm³/mol. The average molecular weight is 490 g/mol. The van der Waals surface area contributed by atoms with Gasteiger partial charge in [0.1, 0.15) is 17.1 Å². The van der Waals surface area contributed by atoms with Crippen molar-refractivity contribution in [1.82, 2.24) is 9.55 Å². The molecule has 0 radical (unpaired) electrons. The van der Waals surface area contributed by atoms with Crippen molar-refractivity contribution in [3.63, 3.8) is 0 Å². The van der Waals surface area contributed by atoms with E-state index in [9.17, 15) is 18.0 Å². The number of carbonyl (C=O) groups excluding carboxylic acids is 1. The Morgan fingerprint density at radius 2 is 1.57 bits per heavy atom. The van der Waals surface area contributed by atoms with E-state index in [0.717, 1.165) is 16.7 Å². The third kappa shape index (κ3) is 4.88. The van der Waals surface area contributed by atoms with E-state index in [-0.39, 0.29) is 33.3 Å². The zero-order chi connectivity index (χ0) is 25.5. The van der Waals surface area contributed by atoms with Gasteiger partial charge in [-0.05, 0) is 87.2 Å². The number of sulfone groups is 1. The molecule has 35 heavy (non-hydrogen) atoms. The molecule has 0 atom stereocenters. The number of rotatable bonds is 5. The van der Waals surface area contributed by atoms with Crippen molar-refractivity contribution in [3.8, 4) is 0 Å². The molecule has 1 N–H and O–H groups in total. The molecule has 7 nitrogen and oxygen atoms in total. The third-order valence-corrected chi connectivity index (χ3v) is 7.66. The van der Waals surface area contributed by atoms with E-state index in [1.165, 1.54) is 10.8 Å². The topological polar surface area (TPSA) is 98.1 Å². The van der Waals surface area contributed by atoms with Crippen molar-refractivity contribution < 1.29 is 13.2 Å². The summed E-state index contributed by atoms with van der Waals surface area (Å²) in [5.74, 6) is -0.363. The largest absolute Gasteiger partial charge is 0.325 e. The first-order valence-corrected chi connectivity index (χ1v) is 12.7. The van der Waals surface area contributed by atoms with E-state index in [1.807, 2.05) is 38.1 Å². The van der Waals surface area contributed by atoms with E-state index in [1.54, 1.807) is 45.0 Å². The van der Waals surface area contributed by atoms with Gasteiger partial charge < -0.3 is 9.88 Å². The standard InChI is InChI=1S/C27H27N3O4S/c1-16-6-7-19(4)23(13-16)35(33,34)24-14-30(27-22(26(24)32)9-8-20(5)28-27)15-25(31)29-21-11-17(2)10-18(3)12-21/h6-14H,15H2,1-5H3,(H,29,31). The molecule has 0 bridgehead atoms. The fourth-order valence-corrected chi connectivity index (χ4v) is 5.85. The number of anilines is 1. The number of benzene rings is 2. The molecule has 4 aromatic rings. The lowest BCUT2D eigenvalue weighted by molar-refractivity contribution is -0.116. The average Bonchev–Trinajstić information content (AvgIpc) is 2.76. The van der Waals surface area contributed by atoms with Gasteiger partial charge in [-0.1, -0.05) is 18.2 Å². The highest BCUT2D eigenvalue weighted by molar-refractivity contribution is 7.91. The van der Waals surface area contributed by atoms with Crippen LogP contribution in [0.15, 0.2) is 69.3 Å². The van der Waals surface area contributed by atoms with Crippen LogP contribution in [0.3, 0.4) is 0 Å². The lowest BCUT2D eigenvalue weighted by Gasteiger charge is -2.15. The van der Waals surface area contributed by atoms with Crippen molar-refractivity contribution in [3.05, 3.63) is 92.9 Å². The predicted octanol–water partition coefficient (Wildman–Crippen LogP) is 4.41. The monoisotopic (exact) mass is 489 g/mol. The van der Waals surface area contributed by atoms with Crippen LogP contribution in [0.2, 0.25) is 0 Å². The van der Waals surface area contributed by atoms with Gasteiger partial charge in [-0.2, -0.15) is 0 Å². The van der Waals surface area contributed by atoms with Crippen LogP contribution in [-0.2, 0) is 21.2 Å². The summed E-state index contributed by atoms with van der Waals surface area (Å²) in [5.41, 5.74) is 4.22. The molecular weight excluding hydrogens is 462 g/mol. The van der Waals surface area contributed by atoms with Crippen molar-refractivity contribution in [2.24, 2.45) is 0 Å². The summed E-state index contributed by atoms with van der Waals surface area (Å²) in [5, 5.41) is 3.00. The Kier molecular flexibility index (Phi) is 6.34. The van der Waals surface area contributed by atoms with E-state index >= 15 is 0 Å². The summed E-state index contributed by atoms with van der Waals surface area (Å²) in [6.45, 7) is 8.92. The van der Waals surface area contributed by atoms with Crippen LogP contribution in [0.4, 0.5) is 5.69 Å². The molecule has 2 aromatic carbocycles. The van der Waals surface area contributed by atoms with Gasteiger partial charge in [0.2, 0.25) is 21.2 Å². The highest BCUT2D eigenvalue weighted by atomic mass is 32.2. The van der Waals surface area contributed by atoms with Gasteiger partial charge in [0.05, 0.1) is 10.3 Å². The Morgan fingerprint density at radius 3 is 2.26 bits per heavy atom. The lowest BCUT2D eigenvalue weighted by Crippen LogP contribution is -2.24. The van der Waals surface area contributed by atoms with E-state index in [4.69, 9.17) is 0 Å². The van der Waals surface area contributed by atoms with Crippen LogP contribution < -0.4 is 10.7 Å². The Bertz CT molecular complexity index is 1630. The van der Waals surface area contributed by atoms with Gasteiger partial charge in [0.25, 0.3) is 0 Å². The fourth-order valence-electron chi connectivity index (χ4n) is 4.16. The number of amides is 1. The van der Waals surface area contributed by atoms with Crippen LogP contribution in [0, 0.1) is 34.6 Å². The summed E-state index contributed by atoms with van der Waals surface area (Å²) >= 11 is 0. The number of fused-ring (bicyclic) bond motifs is 1. The Balaban J connectivity index is 1.85. The van der Waals surface area contributed by atoms with Gasteiger partial charge in [-0.15, -0.1) is 0 Å². The van der Waals surface area contributed by atoms with E-state index in [2.05, 4.69) is 10.3 Å². The molecule has 0 aliphatic heterocycles. The lowest BCUT2D eigenvalue weighted by atomic mass is 10.1. The molecule has 8 heteroatoms. The number of hydrogen-bond donors (Lipinski definition) is 1. The molecule has 0 saturated heterocycles. The number of nitrogens with zero attached hydrogens (tertiary/aromatic N) is 2. The molecule has 4 rings (SSSR count). The maximum absolute atomic E-state index is 13.6. The normalized spacial score (nSPS) is 11.6. The van der Waals surface area contributed by atoms with Crippen molar-refractivity contribution in [1.29, 1.82) is 0 Å². The van der Waals surface area contributed by atoms with Crippen LogP contribution in [0.1, 0.15) is 27.9 Å². The number of aromatic nitrogens is 2. The summed E-state index contributed by atoms with van der Waals surface area (Å²) < 4.78 is 28.6.